The fraction of sp³-hybridized carbons (Fsp3) is 0.529. The van der Waals surface area contributed by atoms with Crippen molar-refractivity contribution in [3.05, 3.63) is 48.6 Å². The molecule has 100 valence electrons. The van der Waals surface area contributed by atoms with Crippen molar-refractivity contribution < 1.29 is 0 Å². The number of nitrogens with one attached hydrogen (secondary N) is 1. The van der Waals surface area contributed by atoms with Crippen molar-refractivity contribution in [3.63, 3.8) is 0 Å². The molecule has 0 amide bonds. The van der Waals surface area contributed by atoms with E-state index in [1.165, 1.54) is 37.7 Å². The highest BCUT2D eigenvalue weighted by Gasteiger charge is 2.09. The van der Waals surface area contributed by atoms with Gasteiger partial charge in [0.1, 0.15) is 0 Å². The molecule has 0 aliphatic carbocycles. The first kappa shape index (κ1) is 15.0. The second-order valence-electron chi connectivity index (χ2n) is 4.84. The topological polar surface area (TPSA) is 12.0 Å². The van der Waals surface area contributed by atoms with Crippen LogP contribution in [0.2, 0.25) is 0 Å². The molecule has 1 nitrogen and oxygen atoms in total. The Kier molecular flexibility index (Phi) is 8.24. The summed E-state index contributed by atoms with van der Waals surface area (Å²) < 4.78 is 0. The summed E-state index contributed by atoms with van der Waals surface area (Å²) in [4.78, 5) is 0. The third kappa shape index (κ3) is 6.02. The molecule has 0 aromatic heterocycles. The SMILES string of the molecule is C=CCCCCCC(NCCC)c1ccccc1. The Morgan fingerprint density at radius 2 is 1.94 bits per heavy atom. The van der Waals surface area contributed by atoms with E-state index in [2.05, 4.69) is 49.2 Å². The van der Waals surface area contributed by atoms with Gasteiger partial charge in [-0.25, -0.2) is 0 Å². The van der Waals surface area contributed by atoms with Crippen LogP contribution in [0.25, 0.3) is 0 Å². The molecule has 1 N–H and O–H groups in total. The predicted molar refractivity (Wildman–Crippen MR) is 80.8 cm³/mol. The summed E-state index contributed by atoms with van der Waals surface area (Å²) in [5, 5.41) is 3.66. The highest BCUT2D eigenvalue weighted by atomic mass is 14.9. The van der Waals surface area contributed by atoms with Crippen molar-refractivity contribution in [2.45, 2.75) is 51.5 Å². The van der Waals surface area contributed by atoms with Gasteiger partial charge in [0.15, 0.2) is 0 Å². The van der Waals surface area contributed by atoms with E-state index in [4.69, 9.17) is 0 Å². The van der Waals surface area contributed by atoms with Crippen molar-refractivity contribution >= 4 is 0 Å². The first-order valence-corrected chi connectivity index (χ1v) is 7.27. The van der Waals surface area contributed by atoms with E-state index < -0.39 is 0 Å². The number of hydrogen-bond acceptors (Lipinski definition) is 1. The van der Waals surface area contributed by atoms with Crippen LogP contribution < -0.4 is 5.32 Å². The van der Waals surface area contributed by atoms with Gasteiger partial charge >= 0.3 is 0 Å². The van der Waals surface area contributed by atoms with Crippen LogP contribution >= 0.6 is 0 Å². The number of benzene rings is 1. The Morgan fingerprint density at radius 1 is 1.17 bits per heavy atom. The highest BCUT2D eigenvalue weighted by molar-refractivity contribution is 5.18. The second kappa shape index (κ2) is 9.90. The lowest BCUT2D eigenvalue weighted by atomic mass is 10.00. The molecular weight excluding hydrogens is 218 g/mol. The molecule has 0 spiro atoms. The molecule has 0 radical (unpaired) electrons. The van der Waals surface area contributed by atoms with Gasteiger partial charge in [-0.05, 0) is 37.8 Å². The molecule has 0 bridgehead atoms. The zero-order valence-corrected chi connectivity index (χ0v) is 11.7. The van der Waals surface area contributed by atoms with Crippen LogP contribution in [0.1, 0.15) is 57.1 Å². The van der Waals surface area contributed by atoms with Crippen LogP contribution in [0.3, 0.4) is 0 Å². The van der Waals surface area contributed by atoms with Gasteiger partial charge in [0.2, 0.25) is 0 Å². The van der Waals surface area contributed by atoms with Crippen molar-refractivity contribution in [2.24, 2.45) is 0 Å². The summed E-state index contributed by atoms with van der Waals surface area (Å²) in [5.74, 6) is 0. The van der Waals surface area contributed by atoms with Crippen molar-refractivity contribution in [3.8, 4) is 0 Å². The third-order valence-electron chi connectivity index (χ3n) is 3.24. The fourth-order valence-electron chi connectivity index (χ4n) is 2.20. The largest absolute Gasteiger partial charge is 0.310 e. The molecule has 1 aromatic rings. The molecule has 1 unspecified atom stereocenters. The average molecular weight is 245 g/mol. The van der Waals surface area contributed by atoms with Crippen LogP contribution in [0.4, 0.5) is 0 Å². The van der Waals surface area contributed by atoms with Crippen LogP contribution in [0.5, 0.6) is 0 Å². The molecular formula is C17H27N. The lowest BCUT2D eigenvalue weighted by Gasteiger charge is -2.19. The van der Waals surface area contributed by atoms with E-state index in [1.807, 2.05) is 6.08 Å². The average Bonchev–Trinajstić information content (AvgIpc) is 2.43. The zero-order chi connectivity index (χ0) is 13.1. The lowest BCUT2D eigenvalue weighted by Crippen LogP contribution is -2.22. The standard InChI is InChI=1S/C17H27N/c1-3-5-6-7-11-14-17(18-15-4-2)16-12-9-8-10-13-16/h3,8-10,12-13,17-18H,1,4-7,11,14-15H2,2H3. The van der Waals surface area contributed by atoms with Gasteiger partial charge in [-0.1, -0.05) is 56.2 Å². The molecule has 0 heterocycles. The monoisotopic (exact) mass is 245 g/mol. The molecule has 0 fully saturated rings. The highest BCUT2D eigenvalue weighted by Crippen LogP contribution is 2.20. The maximum Gasteiger partial charge on any atom is 0.0320 e. The summed E-state index contributed by atoms with van der Waals surface area (Å²) in [7, 11) is 0. The Balaban J connectivity index is 2.38. The van der Waals surface area contributed by atoms with Crippen LogP contribution in [0.15, 0.2) is 43.0 Å². The molecule has 0 saturated carbocycles. The molecule has 1 aromatic carbocycles. The van der Waals surface area contributed by atoms with Crippen molar-refractivity contribution in [1.29, 1.82) is 0 Å². The van der Waals surface area contributed by atoms with Crippen molar-refractivity contribution in [2.75, 3.05) is 6.54 Å². The normalized spacial score (nSPS) is 12.3. The summed E-state index contributed by atoms with van der Waals surface area (Å²) in [6.07, 6.45) is 9.48. The number of rotatable bonds is 10. The summed E-state index contributed by atoms with van der Waals surface area (Å²) in [6.45, 7) is 7.09. The molecule has 0 saturated heterocycles. The van der Waals surface area contributed by atoms with E-state index in [9.17, 15) is 0 Å². The van der Waals surface area contributed by atoms with Gasteiger partial charge in [0.05, 0.1) is 0 Å². The molecule has 1 atom stereocenters. The smallest absolute Gasteiger partial charge is 0.0320 e. The van der Waals surface area contributed by atoms with E-state index >= 15 is 0 Å². The Labute approximate surface area is 112 Å². The van der Waals surface area contributed by atoms with Gasteiger partial charge in [0.25, 0.3) is 0 Å². The first-order valence-electron chi connectivity index (χ1n) is 7.27. The van der Waals surface area contributed by atoms with Crippen LogP contribution in [0, 0.1) is 0 Å². The van der Waals surface area contributed by atoms with Gasteiger partial charge in [-0.2, -0.15) is 0 Å². The quantitative estimate of drug-likeness (QED) is 0.458. The maximum absolute atomic E-state index is 3.77. The minimum atomic E-state index is 0.523. The van der Waals surface area contributed by atoms with Gasteiger partial charge < -0.3 is 5.32 Å². The third-order valence-corrected chi connectivity index (χ3v) is 3.24. The molecule has 1 heteroatoms. The number of unbranched alkanes of at least 4 members (excludes halogenated alkanes) is 3. The van der Waals surface area contributed by atoms with E-state index in [0.717, 1.165) is 13.0 Å². The lowest BCUT2D eigenvalue weighted by molar-refractivity contribution is 0.472. The first-order chi connectivity index (χ1) is 8.88. The van der Waals surface area contributed by atoms with E-state index in [1.54, 1.807) is 0 Å². The molecule has 18 heavy (non-hydrogen) atoms. The van der Waals surface area contributed by atoms with Crippen LogP contribution in [-0.4, -0.2) is 6.54 Å². The summed E-state index contributed by atoms with van der Waals surface area (Å²) in [6, 6.07) is 11.3. The predicted octanol–water partition coefficient (Wildman–Crippen LogP) is 4.86. The maximum atomic E-state index is 3.77. The number of hydrogen-bond donors (Lipinski definition) is 1. The fourth-order valence-corrected chi connectivity index (χ4v) is 2.20. The van der Waals surface area contributed by atoms with Gasteiger partial charge in [-0.3, -0.25) is 0 Å². The van der Waals surface area contributed by atoms with E-state index in [0.29, 0.717) is 6.04 Å². The second-order valence-corrected chi connectivity index (χ2v) is 4.84. The Morgan fingerprint density at radius 3 is 2.61 bits per heavy atom. The Hall–Kier alpha value is -1.08. The minimum Gasteiger partial charge on any atom is -0.310 e. The van der Waals surface area contributed by atoms with Gasteiger partial charge in [-0.15, -0.1) is 6.58 Å². The summed E-state index contributed by atoms with van der Waals surface area (Å²) in [5.41, 5.74) is 1.43. The van der Waals surface area contributed by atoms with Crippen molar-refractivity contribution in [1.82, 2.24) is 5.32 Å². The van der Waals surface area contributed by atoms with Gasteiger partial charge in [0, 0.05) is 6.04 Å². The molecule has 1 rings (SSSR count). The van der Waals surface area contributed by atoms with Crippen LogP contribution in [-0.2, 0) is 0 Å². The number of allylic oxidation sites excluding steroid dienone is 1. The zero-order valence-electron chi connectivity index (χ0n) is 11.7. The minimum absolute atomic E-state index is 0.523. The Bertz CT molecular complexity index is 305. The molecule has 0 aliphatic rings. The molecule has 0 aliphatic heterocycles. The summed E-state index contributed by atoms with van der Waals surface area (Å²) >= 11 is 0. The van der Waals surface area contributed by atoms with E-state index in [-0.39, 0.29) is 0 Å².